The highest BCUT2D eigenvalue weighted by atomic mass is 16.5. The molecule has 2 aromatic rings. The van der Waals surface area contributed by atoms with Crippen molar-refractivity contribution in [2.75, 3.05) is 25.0 Å². The van der Waals surface area contributed by atoms with Gasteiger partial charge in [0.25, 0.3) is 11.3 Å². The van der Waals surface area contributed by atoms with Gasteiger partial charge in [0.05, 0.1) is 19.9 Å². The van der Waals surface area contributed by atoms with Gasteiger partial charge in [-0.2, -0.15) is 0 Å². The fourth-order valence-corrected chi connectivity index (χ4v) is 1.92. The normalized spacial score (nSPS) is 9.50. The summed E-state index contributed by atoms with van der Waals surface area (Å²) in [7, 11) is 2.94. The summed E-state index contributed by atoms with van der Waals surface area (Å²) in [6.45, 7) is 0. The van der Waals surface area contributed by atoms with Crippen LogP contribution < -0.4 is 20.2 Å². The number of carbonyl (C=O) groups is 1. The van der Waals surface area contributed by atoms with E-state index in [1.165, 1.54) is 14.2 Å². The number of anilines is 2. The summed E-state index contributed by atoms with van der Waals surface area (Å²) in [5.41, 5.74) is 3.74. The molecule has 0 spiro atoms. The molecular formula is C15H15N4O3+. The summed E-state index contributed by atoms with van der Waals surface area (Å²) in [6.07, 6.45) is 0. The first kappa shape index (κ1) is 15.1. The molecule has 1 amide bonds. The van der Waals surface area contributed by atoms with Crippen molar-refractivity contribution in [1.29, 1.82) is 5.39 Å². The summed E-state index contributed by atoms with van der Waals surface area (Å²) in [5, 5.41) is 14.2. The maximum Gasteiger partial charge on any atom is 0.308 e. The highest BCUT2D eigenvalue weighted by molar-refractivity contribution is 6.05. The van der Waals surface area contributed by atoms with Crippen molar-refractivity contribution in [3.63, 3.8) is 0 Å². The smallest absolute Gasteiger partial charge is 0.308 e. The third kappa shape index (κ3) is 3.24. The number of benzene rings is 2. The Labute approximate surface area is 127 Å². The van der Waals surface area contributed by atoms with Gasteiger partial charge in [0.2, 0.25) is 0 Å². The van der Waals surface area contributed by atoms with E-state index in [9.17, 15) is 4.79 Å². The second kappa shape index (κ2) is 6.95. The molecule has 7 nitrogen and oxygen atoms in total. The topological polar surface area (TPSA) is 87.7 Å². The summed E-state index contributed by atoms with van der Waals surface area (Å²) in [6, 6.07) is 11.9. The van der Waals surface area contributed by atoms with E-state index in [0.717, 1.165) is 0 Å². The maximum atomic E-state index is 12.2. The van der Waals surface area contributed by atoms with Gasteiger partial charge in [-0.05, 0) is 17.6 Å². The summed E-state index contributed by atoms with van der Waals surface area (Å²) >= 11 is 0. The molecule has 0 aliphatic carbocycles. The molecule has 0 saturated carbocycles. The molecule has 0 unspecified atom stereocenters. The van der Waals surface area contributed by atoms with Gasteiger partial charge in [-0.15, -0.1) is 0 Å². The number of carbonyl (C=O) groups excluding carboxylic acids is 1. The van der Waals surface area contributed by atoms with Crippen LogP contribution >= 0.6 is 0 Å². The van der Waals surface area contributed by atoms with E-state index in [1.807, 2.05) is 6.07 Å². The van der Waals surface area contributed by atoms with Crippen molar-refractivity contribution in [3.8, 4) is 11.5 Å². The van der Waals surface area contributed by atoms with Crippen LogP contribution in [0.1, 0.15) is 10.4 Å². The number of hydrogen-bond acceptors (Lipinski definition) is 5. The first-order chi connectivity index (χ1) is 10.7. The minimum absolute atomic E-state index is 0.270. The summed E-state index contributed by atoms with van der Waals surface area (Å²) in [4.78, 5) is 12.2. The molecule has 0 aliphatic heterocycles. The van der Waals surface area contributed by atoms with E-state index in [-0.39, 0.29) is 5.91 Å². The van der Waals surface area contributed by atoms with Gasteiger partial charge in [-0.3, -0.25) is 4.79 Å². The number of methoxy groups -OCH3 is 2. The Morgan fingerprint density at radius 3 is 2.23 bits per heavy atom. The van der Waals surface area contributed by atoms with Crippen molar-refractivity contribution in [3.05, 3.63) is 53.1 Å². The lowest BCUT2D eigenvalue weighted by Crippen LogP contribution is -2.12. The van der Waals surface area contributed by atoms with Crippen LogP contribution in [0.3, 0.4) is 0 Å². The highest BCUT2D eigenvalue weighted by Crippen LogP contribution is 2.36. The van der Waals surface area contributed by atoms with E-state index < -0.39 is 0 Å². The Kier molecular flexibility index (Phi) is 4.78. The first-order valence-corrected chi connectivity index (χ1v) is 6.42. The number of diazo groups is 1. The van der Waals surface area contributed by atoms with Crippen molar-refractivity contribution in [2.24, 2.45) is 0 Å². The monoisotopic (exact) mass is 299 g/mol. The van der Waals surface area contributed by atoms with Gasteiger partial charge < -0.3 is 14.8 Å². The Bertz CT molecular complexity index is 711. The Morgan fingerprint density at radius 1 is 1.05 bits per heavy atom. The summed E-state index contributed by atoms with van der Waals surface area (Å²) < 4.78 is 10.4. The molecule has 0 atom stereocenters. The van der Waals surface area contributed by atoms with Crippen LogP contribution in [0.2, 0.25) is 0 Å². The third-order valence-electron chi connectivity index (χ3n) is 2.98. The van der Waals surface area contributed by atoms with Gasteiger partial charge in [-0.1, -0.05) is 18.2 Å². The van der Waals surface area contributed by atoms with Crippen molar-refractivity contribution >= 4 is 17.3 Å². The van der Waals surface area contributed by atoms with Crippen LogP contribution in [-0.4, -0.2) is 20.1 Å². The Hall–Kier alpha value is -3.27. The van der Waals surface area contributed by atoms with Gasteiger partial charge >= 0.3 is 5.08 Å². The molecule has 0 saturated heterocycles. The minimum Gasteiger partial charge on any atom is -0.494 e. The van der Waals surface area contributed by atoms with Crippen molar-refractivity contribution in [1.82, 2.24) is 0 Å². The summed E-state index contributed by atoms with van der Waals surface area (Å²) in [5.74, 6) is 0.520. The second-order valence-corrected chi connectivity index (χ2v) is 4.28. The van der Waals surface area contributed by atoms with Crippen LogP contribution in [0.25, 0.3) is 5.08 Å². The zero-order valence-electron chi connectivity index (χ0n) is 12.2. The average Bonchev–Trinajstić information content (AvgIpc) is 2.56. The molecule has 0 fully saturated rings. The van der Waals surface area contributed by atoms with Crippen LogP contribution in [0.4, 0.5) is 11.4 Å². The second-order valence-electron chi connectivity index (χ2n) is 4.28. The predicted molar refractivity (Wildman–Crippen MR) is 82.6 cm³/mol. The van der Waals surface area contributed by atoms with Gasteiger partial charge in [0.1, 0.15) is 5.75 Å². The standard InChI is InChI=1S/C15H14N4O3/c1-21-13-9-12(18-19-16)14(22-2)8-11(13)17-15(20)10-6-4-3-5-7-10/h3-9,16H,1-2H3/p+1. The molecule has 0 aromatic heterocycles. The molecule has 7 heteroatoms. The van der Waals surface area contributed by atoms with Crippen molar-refractivity contribution < 1.29 is 14.3 Å². The molecule has 2 rings (SSSR count). The number of nitrogens with zero attached hydrogens (tertiary/aromatic N) is 2. The molecular weight excluding hydrogens is 284 g/mol. The molecule has 0 aliphatic rings. The number of hydrogen-bond donors (Lipinski definition) is 2. The van der Waals surface area contributed by atoms with E-state index >= 15 is 0 Å². The highest BCUT2D eigenvalue weighted by Gasteiger charge is 2.16. The first-order valence-electron chi connectivity index (χ1n) is 6.42. The SMILES string of the molecule is COc1cc(NC(=O)c2ccccc2)c(OC)cc1N[N+]#N. The fraction of sp³-hybridized carbons (Fsp3) is 0.133. The van der Waals surface area contributed by atoms with Gasteiger partial charge in [-0.25, -0.2) is 0 Å². The third-order valence-corrected chi connectivity index (χ3v) is 2.98. The molecule has 2 N–H and O–H groups in total. The number of amides is 1. The van der Waals surface area contributed by atoms with Gasteiger partial charge in [0.15, 0.2) is 11.4 Å². The zero-order valence-corrected chi connectivity index (χ0v) is 12.2. The van der Waals surface area contributed by atoms with Crippen LogP contribution in [0, 0.1) is 5.39 Å². The van der Waals surface area contributed by atoms with E-state index in [1.54, 1.807) is 36.4 Å². The fourth-order valence-electron chi connectivity index (χ4n) is 1.92. The van der Waals surface area contributed by atoms with E-state index in [0.29, 0.717) is 28.4 Å². The average molecular weight is 299 g/mol. The Balaban J connectivity index is 2.34. The maximum absolute atomic E-state index is 12.2. The predicted octanol–water partition coefficient (Wildman–Crippen LogP) is 3.14. The van der Waals surface area contributed by atoms with E-state index in [4.69, 9.17) is 14.9 Å². The number of rotatable bonds is 5. The largest absolute Gasteiger partial charge is 0.494 e. The van der Waals surface area contributed by atoms with Crippen LogP contribution in [0.15, 0.2) is 42.5 Å². The number of ether oxygens (including phenoxy) is 2. The van der Waals surface area contributed by atoms with Crippen LogP contribution in [-0.2, 0) is 0 Å². The lowest BCUT2D eigenvalue weighted by Gasteiger charge is -2.13. The van der Waals surface area contributed by atoms with Crippen LogP contribution in [0.5, 0.6) is 11.5 Å². The number of nitrogens with one attached hydrogen (secondary N) is 2. The lowest BCUT2D eigenvalue weighted by molar-refractivity contribution is 0.102. The molecule has 112 valence electrons. The molecule has 22 heavy (non-hydrogen) atoms. The molecule has 0 radical (unpaired) electrons. The van der Waals surface area contributed by atoms with E-state index in [2.05, 4.69) is 15.8 Å². The van der Waals surface area contributed by atoms with Gasteiger partial charge in [0, 0.05) is 17.7 Å². The molecule has 2 aromatic carbocycles. The lowest BCUT2D eigenvalue weighted by atomic mass is 10.2. The minimum atomic E-state index is -0.270. The zero-order chi connectivity index (χ0) is 15.9. The Morgan fingerprint density at radius 2 is 1.64 bits per heavy atom. The molecule has 0 heterocycles. The molecule has 0 bridgehead atoms. The van der Waals surface area contributed by atoms with Crippen molar-refractivity contribution in [2.45, 2.75) is 0 Å². The quantitative estimate of drug-likeness (QED) is 0.654.